The molecule has 4 nitrogen and oxygen atoms in total. The van der Waals surface area contributed by atoms with Crippen molar-refractivity contribution in [2.24, 2.45) is 0 Å². The Bertz CT molecular complexity index is 923. The lowest BCUT2D eigenvalue weighted by atomic mass is 10.1. The lowest BCUT2D eigenvalue weighted by Crippen LogP contribution is -2.36. The normalized spacial score (nSPS) is 12.0. The third-order valence-electron chi connectivity index (χ3n) is 4.90. The van der Waals surface area contributed by atoms with Gasteiger partial charge in [0, 0.05) is 32.1 Å². The van der Waals surface area contributed by atoms with Crippen molar-refractivity contribution in [3.63, 3.8) is 0 Å². The first-order chi connectivity index (χ1) is 14.1. The van der Waals surface area contributed by atoms with Gasteiger partial charge in [-0.05, 0) is 30.2 Å². The van der Waals surface area contributed by atoms with Crippen molar-refractivity contribution >= 4 is 17.5 Å². The molecule has 29 heavy (non-hydrogen) atoms. The van der Waals surface area contributed by atoms with Crippen molar-refractivity contribution < 1.29 is 9.53 Å². The molecule has 0 aliphatic rings. The van der Waals surface area contributed by atoms with Crippen LogP contribution in [0.3, 0.4) is 0 Å². The number of ether oxygens (including phenoxy) is 1. The maximum absolute atomic E-state index is 13.1. The number of hydrogen-bond donors (Lipinski definition) is 0. The average molecular weight is 411 g/mol. The molecule has 0 aliphatic heterocycles. The van der Waals surface area contributed by atoms with Gasteiger partial charge in [0.25, 0.3) is 0 Å². The summed E-state index contributed by atoms with van der Waals surface area (Å²) in [6.07, 6.45) is 2.05. The number of hydrogen-bond acceptors (Lipinski definition) is 2. The van der Waals surface area contributed by atoms with Crippen LogP contribution in [0.2, 0.25) is 0 Å². The fourth-order valence-electron chi connectivity index (χ4n) is 3.34. The Balaban J connectivity index is 1.77. The highest BCUT2D eigenvalue weighted by Crippen LogP contribution is 2.24. The number of benzene rings is 2. The second-order valence-electron chi connectivity index (χ2n) is 7.14. The molecule has 0 unspecified atom stereocenters. The number of nitrogens with zero attached hydrogens (tertiary/aromatic N) is 2. The zero-order valence-corrected chi connectivity index (χ0v) is 17.7. The first-order valence-corrected chi connectivity index (χ1v) is 10.2. The van der Waals surface area contributed by atoms with E-state index < -0.39 is 5.38 Å². The van der Waals surface area contributed by atoms with Crippen LogP contribution >= 0.6 is 11.6 Å². The van der Waals surface area contributed by atoms with Crippen molar-refractivity contribution in [3.8, 4) is 0 Å². The van der Waals surface area contributed by atoms with Gasteiger partial charge in [-0.15, -0.1) is 11.6 Å². The molecule has 1 atom stereocenters. The predicted molar refractivity (Wildman–Crippen MR) is 117 cm³/mol. The van der Waals surface area contributed by atoms with Gasteiger partial charge >= 0.3 is 0 Å². The highest BCUT2D eigenvalue weighted by Gasteiger charge is 2.24. The summed E-state index contributed by atoms with van der Waals surface area (Å²) in [4.78, 5) is 14.9. The van der Waals surface area contributed by atoms with Crippen LogP contribution in [0.15, 0.2) is 72.9 Å². The smallest absolute Gasteiger partial charge is 0.245 e. The largest absolute Gasteiger partial charge is 0.383 e. The number of methoxy groups -OCH3 is 1. The molecule has 0 saturated heterocycles. The predicted octanol–water partition coefficient (Wildman–Crippen LogP) is 4.80. The number of aryl methyl sites for hydroxylation is 1. The zero-order chi connectivity index (χ0) is 20.6. The summed E-state index contributed by atoms with van der Waals surface area (Å²) in [6.45, 7) is 4.29. The Labute approximate surface area is 177 Å². The van der Waals surface area contributed by atoms with Crippen LogP contribution in [-0.2, 0) is 22.6 Å². The molecule has 0 saturated carbocycles. The third-order valence-corrected chi connectivity index (χ3v) is 5.34. The molecule has 0 aliphatic carbocycles. The Morgan fingerprint density at radius 2 is 1.90 bits per heavy atom. The molecule has 1 aromatic heterocycles. The van der Waals surface area contributed by atoms with Crippen LogP contribution in [0.25, 0.3) is 0 Å². The van der Waals surface area contributed by atoms with Crippen LogP contribution in [0, 0.1) is 6.92 Å². The van der Waals surface area contributed by atoms with Crippen LogP contribution in [-0.4, -0.2) is 35.6 Å². The molecule has 2 aromatic carbocycles. The van der Waals surface area contributed by atoms with Crippen molar-refractivity contribution in [2.75, 3.05) is 20.3 Å². The van der Waals surface area contributed by atoms with E-state index in [1.807, 2.05) is 42.6 Å². The minimum absolute atomic E-state index is 0.113. The molecular formula is C24H27ClN2O2. The van der Waals surface area contributed by atoms with E-state index in [1.54, 1.807) is 12.0 Å². The van der Waals surface area contributed by atoms with Gasteiger partial charge < -0.3 is 14.2 Å². The zero-order valence-electron chi connectivity index (χ0n) is 16.9. The second-order valence-corrected chi connectivity index (χ2v) is 7.58. The quantitative estimate of drug-likeness (QED) is 0.475. The molecule has 0 N–H and O–H groups in total. The SMILES string of the molecule is COCCN(Cc1cccn1Cc1cccc(C)c1)C(=O)[C@H](Cl)c1ccccc1. The molecule has 0 spiro atoms. The third kappa shape index (κ3) is 5.72. The summed E-state index contributed by atoms with van der Waals surface area (Å²) in [5, 5.41) is -0.715. The van der Waals surface area contributed by atoms with Gasteiger partial charge in [-0.2, -0.15) is 0 Å². The number of amides is 1. The summed E-state index contributed by atoms with van der Waals surface area (Å²) in [5.74, 6) is -0.113. The molecule has 1 heterocycles. The number of halogens is 1. The Morgan fingerprint density at radius 1 is 1.10 bits per heavy atom. The van der Waals surface area contributed by atoms with E-state index in [-0.39, 0.29) is 5.91 Å². The fourth-order valence-corrected chi connectivity index (χ4v) is 3.63. The lowest BCUT2D eigenvalue weighted by molar-refractivity contribution is -0.132. The average Bonchev–Trinajstić information content (AvgIpc) is 3.17. The van der Waals surface area contributed by atoms with Gasteiger partial charge in [-0.1, -0.05) is 60.2 Å². The molecule has 0 bridgehead atoms. The molecule has 152 valence electrons. The molecule has 0 fully saturated rings. The Morgan fingerprint density at radius 3 is 2.62 bits per heavy atom. The highest BCUT2D eigenvalue weighted by molar-refractivity contribution is 6.30. The Hall–Kier alpha value is -2.56. The number of carbonyl (C=O) groups excluding carboxylic acids is 1. The maximum atomic E-state index is 13.1. The van der Waals surface area contributed by atoms with Crippen molar-refractivity contribution in [3.05, 3.63) is 95.3 Å². The summed E-state index contributed by atoms with van der Waals surface area (Å²) < 4.78 is 7.40. The minimum Gasteiger partial charge on any atom is -0.383 e. The van der Waals surface area contributed by atoms with Gasteiger partial charge in [0.15, 0.2) is 0 Å². The van der Waals surface area contributed by atoms with Gasteiger partial charge in [-0.25, -0.2) is 0 Å². The molecule has 3 rings (SSSR count). The topological polar surface area (TPSA) is 34.5 Å². The van der Waals surface area contributed by atoms with E-state index in [4.69, 9.17) is 16.3 Å². The molecular weight excluding hydrogens is 384 g/mol. The van der Waals surface area contributed by atoms with Crippen molar-refractivity contribution in [1.29, 1.82) is 0 Å². The van der Waals surface area contributed by atoms with E-state index >= 15 is 0 Å². The van der Waals surface area contributed by atoms with E-state index in [1.165, 1.54) is 11.1 Å². The lowest BCUT2D eigenvalue weighted by Gasteiger charge is -2.25. The number of rotatable bonds is 9. The highest BCUT2D eigenvalue weighted by atomic mass is 35.5. The molecule has 1 amide bonds. The van der Waals surface area contributed by atoms with E-state index in [9.17, 15) is 4.79 Å². The van der Waals surface area contributed by atoms with E-state index in [0.29, 0.717) is 19.7 Å². The maximum Gasteiger partial charge on any atom is 0.245 e. The van der Waals surface area contributed by atoms with Crippen LogP contribution in [0.1, 0.15) is 27.8 Å². The summed E-state index contributed by atoms with van der Waals surface area (Å²) in [7, 11) is 1.64. The number of carbonyl (C=O) groups is 1. The summed E-state index contributed by atoms with van der Waals surface area (Å²) in [5.41, 5.74) is 4.34. The number of aromatic nitrogens is 1. The first kappa shape index (κ1) is 21.2. The first-order valence-electron chi connectivity index (χ1n) is 9.75. The Kier molecular flexibility index (Phi) is 7.50. The fraction of sp³-hybridized carbons (Fsp3) is 0.292. The molecule has 0 radical (unpaired) electrons. The summed E-state index contributed by atoms with van der Waals surface area (Å²) >= 11 is 6.52. The van der Waals surface area contributed by atoms with Crippen molar-refractivity contribution in [1.82, 2.24) is 9.47 Å². The monoisotopic (exact) mass is 410 g/mol. The van der Waals surface area contributed by atoms with Gasteiger partial charge in [-0.3, -0.25) is 4.79 Å². The van der Waals surface area contributed by atoms with Crippen LogP contribution in [0.4, 0.5) is 0 Å². The van der Waals surface area contributed by atoms with Crippen LogP contribution in [0.5, 0.6) is 0 Å². The molecule has 5 heteroatoms. The van der Waals surface area contributed by atoms with Crippen LogP contribution < -0.4 is 0 Å². The van der Waals surface area contributed by atoms with E-state index in [2.05, 4.69) is 41.8 Å². The van der Waals surface area contributed by atoms with Gasteiger partial charge in [0.1, 0.15) is 5.38 Å². The minimum atomic E-state index is -0.715. The van der Waals surface area contributed by atoms with Gasteiger partial charge in [0.2, 0.25) is 5.91 Å². The van der Waals surface area contributed by atoms with E-state index in [0.717, 1.165) is 17.8 Å². The molecule has 3 aromatic rings. The second kappa shape index (κ2) is 10.3. The van der Waals surface area contributed by atoms with Gasteiger partial charge in [0.05, 0.1) is 13.2 Å². The van der Waals surface area contributed by atoms with Crippen molar-refractivity contribution in [2.45, 2.75) is 25.4 Å². The standard InChI is InChI=1S/C24H27ClN2O2/c1-19-8-6-9-20(16-19)17-26-13-7-12-22(26)18-27(14-15-29-2)24(28)23(25)21-10-4-3-5-11-21/h3-13,16,23H,14-15,17-18H2,1-2H3/t23-/m1/s1. The summed E-state index contributed by atoms with van der Waals surface area (Å²) in [6, 6.07) is 22.0. The number of alkyl halides is 1.